The highest BCUT2D eigenvalue weighted by Gasteiger charge is 2.22. The van der Waals surface area contributed by atoms with Gasteiger partial charge in [-0.2, -0.15) is 0 Å². The molecular formula is C12H18BrNO2. The molecular weight excluding hydrogens is 270 g/mol. The van der Waals surface area contributed by atoms with E-state index in [1.54, 1.807) is 26.6 Å². The second kappa shape index (κ2) is 5.53. The van der Waals surface area contributed by atoms with E-state index in [9.17, 15) is 0 Å². The SMILES string of the molecule is COc1cncc(OC)c1CC(C)(C)CBr. The summed E-state index contributed by atoms with van der Waals surface area (Å²) >= 11 is 3.52. The van der Waals surface area contributed by atoms with Crippen molar-refractivity contribution in [2.75, 3.05) is 19.5 Å². The lowest BCUT2D eigenvalue weighted by atomic mass is 9.88. The lowest BCUT2D eigenvalue weighted by molar-refractivity contribution is 0.357. The van der Waals surface area contributed by atoms with Crippen LogP contribution in [0.3, 0.4) is 0 Å². The highest BCUT2D eigenvalue weighted by Crippen LogP contribution is 2.34. The van der Waals surface area contributed by atoms with Crippen molar-refractivity contribution in [3.05, 3.63) is 18.0 Å². The Morgan fingerprint density at radius 3 is 2.06 bits per heavy atom. The third-order valence-corrected chi connectivity index (χ3v) is 3.95. The van der Waals surface area contributed by atoms with Gasteiger partial charge >= 0.3 is 0 Å². The summed E-state index contributed by atoms with van der Waals surface area (Å²) < 4.78 is 10.6. The first kappa shape index (κ1) is 13.3. The molecule has 0 atom stereocenters. The summed E-state index contributed by atoms with van der Waals surface area (Å²) in [5, 5.41) is 0.925. The zero-order valence-electron chi connectivity index (χ0n) is 10.2. The number of hydrogen-bond donors (Lipinski definition) is 0. The molecule has 0 spiro atoms. The summed E-state index contributed by atoms with van der Waals surface area (Å²) in [7, 11) is 3.31. The van der Waals surface area contributed by atoms with Crippen molar-refractivity contribution in [3.63, 3.8) is 0 Å². The summed E-state index contributed by atoms with van der Waals surface area (Å²) in [5.41, 5.74) is 1.23. The van der Waals surface area contributed by atoms with Gasteiger partial charge in [0.25, 0.3) is 0 Å². The third-order valence-electron chi connectivity index (χ3n) is 2.44. The molecule has 0 aromatic carbocycles. The van der Waals surface area contributed by atoms with Gasteiger partial charge in [0, 0.05) is 10.9 Å². The van der Waals surface area contributed by atoms with E-state index in [2.05, 4.69) is 34.8 Å². The van der Waals surface area contributed by atoms with Crippen LogP contribution in [0.2, 0.25) is 0 Å². The van der Waals surface area contributed by atoms with E-state index in [4.69, 9.17) is 9.47 Å². The van der Waals surface area contributed by atoms with Crippen molar-refractivity contribution in [1.29, 1.82) is 0 Å². The second-order valence-corrected chi connectivity index (χ2v) is 5.06. The summed E-state index contributed by atoms with van der Waals surface area (Å²) in [4.78, 5) is 4.08. The largest absolute Gasteiger partial charge is 0.495 e. The lowest BCUT2D eigenvalue weighted by Crippen LogP contribution is -2.17. The molecule has 0 saturated heterocycles. The molecule has 0 aliphatic heterocycles. The van der Waals surface area contributed by atoms with Gasteiger partial charge in [-0.15, -0.1) is 0 Å². The van der Waals surface area contributed by atoms with E-state index >= 15 is 0 Å². The molecule has 16 heavy (non-hydrogen) atoms. The molecule has 0 unspecified atom stereocenters. The number of alkyl halides is 1. The van der Waals surface area contributed by atoms with Crippen LogP contribution in [-0.4, -0.2) is 24.5 Å². The van der Waals surface area contributed by atoms with Gasteiger partial charge in [0.1, 0.15) is 11.5 Å². The quantitative estimate of drug-likeness (QED) is 0.780. The van der Waals surface area contributed by atoms with Crippen LogP contribution < -0.4 is 9.47 Å². The molecule has 1 aromatic heterocycles. The molecule has 0 bridgehead atoms. The van der Waals surface area contributed by atoms with Gasteiger partial charge in [-0.05, 0) is 11.8 Å². The predicted octanol–water partition coefficient (Wildman–Crippen LogP) is 3.06. The minimum atomic E-state index is 0.155. The fourth-order valence-corrected chi connectivity index (χ4v) is 1.70. The Morgan fingerprint density at radius 1 is 1.19 bits per heavy atom. The minimum absolute atomic E-state index is 0.155. The molecule has 0 aliphatic carbocycles. The summed E-state index contributed by atoms with van der Waals surface area (Å²) in [6.07, 6.45) is 4.33. The smallest absolute Gasteiger partial charge is 0.144 e. The second-order valence-electron chi connectivity index (χ2n) is 4.50. The molecule has 4 heteroatoms. The van der Waals surface area contributed by atoms with Crippen molar-refractivity contribution >= 4 is 15.9 Å². The van der Waals surface area contributed by atoms with Crippen LogP contribution in [-0.2, 0) is 6.42 Å². The van der Waals surface area contributed by atoms with Crippen LogP contribution in [0.4, 0.5) is 0 Å². The Kier molecular flexibility index (Phi) is 4.59. The molecule has 1 aromatic rings. The van der Waals surface area contributed by atoms with Gasteiger partial charge < -0.3 is 9.47 Å². The van der Waals surface area contributed by atoms with E-state index < -0.39 is 0 Å². The molecule has 0 amide bonds. The summed E-state index contributed by atoms with van der Waals surface area (Å²) in [5.74, 6) is 1.57. The zero-order valence-corrected chi connectivity index (χ0v) is 11.8. The average molecular weight is 288 g/mol. The van der Waals surface area contributed by atoms with Gasteiger partial charge in [-0.3, -0.25) is 4.98 Å². The Morgan fingerprint density at radius 2 is 1.69 bits per heavy atom. The van der Waals surface area contributed by atoms with Gasteiger partial charge in [0.15, 0.2) is 0 Å². The number of methoxy groups -OCH3 is 2. The number of rotatable bonds is 5. The molecule has 0 saturated carbocycles. The van der Waals surface area contributed by atoms with Crippen LogP contribution in [0.5, 0.6) is 11.5 Å². The van der Waals surface area contributed by atoms with Crippen LogP contribution >= 0.6 is 15.9 Å². The maximum atomic E-state index is 5.32. The molecule has 1 heterocycles. The van der Waals surface area contributed by atoms with E-state index in [0.717, 1.165) is 28.8 Å². The van der Waals surface area contributed by atoms with Crippen molar-refractivity contribution in [3.8, 4) is 11.5 Å². The Hall–Kier alpha value is -0.770. The fourth-order valence-electron chi connectivity index (χ4n) is 1.50. The van der Waals surface area contributed by atoms with Crippen molar-refractivity contribution in [2.24, 2.45) is 5.41 Å². The molecule has 90 valence electrons. The average Bonchev–Trinajstić information content (AvgIpc) is 2.29. The first-order valence-electron chi connectivity index (χ1n) is 5.15. The fraction of sp³-hybridized carbons (Fsp3) is 0.583. The number of ether oxygens (including phenoxy) is 2. The standard InChI is InChI=1S/C12H18BrNO2/c1-12(2,8-13)5-9-10(15-3)6-14-7-11(9)16-4/h6-7H,5,8H2,1-4H3. The molecule has 0 fully saturated rings. The highest BCUT2D eigenvalue weighted by atomic mass is 79.9. The number of halogens is 1. The van der Waals surface area contributed by atoms with Gasteiger partial charge in [-0.1, -0.05) is 29.8 Å². The van der Waals surface area contributed by atoms with Crippen LogP contribution in [0, 0.1) is 5.41 Å². The minimum Gasteiger partial charge on any atom is -0.495 e. The topological polar surface area (TPSA) is 31.4 Å². The monoisotopic (exact) mass is 287 g/mol. The van der Waals surface area contributed by atoms with Crippen LogP contribution in [0.15, 0.2) is 12.4 Å². The number of nitrogens with zero attached hydrogens (tertiary/aromatic N) is 1. The van der Waals surface area contributed by atoms with E-state index in [0.29, 0.717) is 0 Å². The van der Waals surface area contributed by atoms with Crippen LogP contribution in [0.1, 0.15) is 19.4 Å². The molecule has 0 aliphatic rings. The lowest BCUT2D eigenvalue weighted by Gasteiger charge is -2.23. The highest BCUT2D eigenvalue weighted by molar-refractivity contribution is 9.09. The normalized spacial score (nSPS) is 11.3. The number of hydrogen-bond acceptors (Lipinski definition) is 3. The van der Waals surface area contributed by atoms with Crippen molar-refractivity contribution < 1.29 is 9.47 Å². The Balaban J connectivity index is 3.09. The van der Waals surface area contributed by atoms with Crippen molar-refractivity contribution in [1.82, 2.24) is 4.98 Å². The predicted molar refractivity (Wildman–Crippen MR) is 68.6 cm³/mol. The summed E-state index contributed by atoms with van der Waals surface area (Å²) in [6, 6.07) is 0. The van der Waals surface area contributed by atoms with Gasteiger partial charge in [0.2, 0.25) is 0 Å². The Labute approximate surface area is 105 Å². The number of aromatic nitrogens is 1. The zero-order chi connectivity index (χ0) is 12.2. The van der Waals surface area contributed by atoms with Crippen molar-refractivity contribution in [2.45, 2.75) is 20.3 Å². The van der Waals surface area contributed by atoms with Gasteiger partial charge in [-0.25, -0.2) is 0 Å². The summed E-state index contributed by atoms with van der Waals surface area (Å²) in [6.45, 7) is 4.39. The van der Waals surface area contributed by atoms with Gasteiger partial charge in [0.05, 0.1) is 26.6 Å². The van der Waals surface area contributed by atoms with E-state index in [1.165, 1.54) is 0 Å². The Bertz CT molecular complexity index is 331. The maximum absolute atomic E-state index is 5.32. The molecule has 0 radical (unpaired) electrons. The van der Waals surface area contributed by atoms with Crippen LogP contribution in [0.25, 0.3) is 0 Å². The molecule has 3 nitrogen and oxygen atoms in total. The first-order chi connectivity index (χ1) is 7.54. The third kappa shape index (κ3) is 3.11. The van der Waals surface area contributed by atoms with E-state index in [-0.39, 0.29) is 5.41 Å². The number of pyridine rings is 1. The molecule has 1 rings (SSSR count). The first-order valence-corrected chi connectivity index (χ1v) is 6.27. The van der Waals surface area contributed by atoms with E-state index in [1.807, 2.05) is 0 Å². The maximum Gasteiger partial charge on any atom is 0.144 e. The molecule has 0 N–H and O–H groups in total.